The predicted octanol–water partition coefficient (Wildman–Crippen LogP) is 1.19. The molecule has 2 amide bonds. The molecule has 1 aliphatic heterocycles. The van der Waals surface area contributed by atoms with Gasteiger partial charge in [0.1, 0.15) is 11.4 Å². The normalized spacial score (nSPS) is 17.8. The van der Waals surface area contributed by atoms with E-state index in [0.717, 1.165) is 24.6 Å². The average molecular weight is 318 g/mol. The number of rotatable bonds is 3. The Hall–Kier alpha value is -2.70. The molecule has 1 atom stereocenters. The quantitative estimate of drug-likeness (QED) is 0.890. The zero-order valence-electron chi connectivity index (χ0n) is 12.2. The molecule has 7 heteroatoms. The lowest BCUT2D eigenvalue weighted by molar-refractivity contribution is -0.123. The predicted molar refractivity (Wildman–Crippen MR) is 80.5 cm³/mol. The van der Waals surface area contributed by atoms with E-state index < -0.39 is 17.2 Å². The van der Waals surface area contributed by atoms with E-state index >= 15 is 0 Å². The number of fused-ring (bicyclic) bond motifs is 1. The minimum atomic E-state index is -0.544. The fourth-order valence-corrected chi connectivity index (χ4v) is 2.59. The van der Waals surface area contributed by atoms with Gasteiger partial charge in [-0.15, -0.1) is 0 Å². The highest BCUT2D eigenvalue weighted by atomic mass is 19.1. The summed E-state index contributed by atoms with van der Waals surface area (Å²) in [4.78, 5) is 35.4. The summed E-state index contributed by atoms with van der Waals surface area (Å²) in [6, 6.07) is 4.59. The summed E-state index contributed by atoms with van der Waals surface area (Å²) in [7, 11) is 0. The smallest absolute Gasteiger partial charge is 0.287 e. The first-order valence-corrected chi connectivity index (χ1v) is 7.31. The zero-order chi connectivity index (χ0) is 16.4. The van der Waals surface area contributed by atoms with E-state index in [2.05, 4.69) is 10.6 Å². The molecular weight excluding hydrogens is 303 g/mol. The van der Waals surface area contributed by atoms with Gasteiger partial charge in [0.05, 0.1) is 5.39 Å². The van der Waals surface area contributed by atoms with E-state index in [1.807, 2.05) is 0 Å². The van der Waals surface area contributed by atoms with Crippen LogP contribution in [0.4, 0.5) is 4.39 Å². The summed E-state index contributed by atoms with van der Waals surface area (Å²) in [6.45, 7) is 0.924. The molecule has 0 spiro atoms. The van der Waals surface area contributed by atoms with Gasteiger partial charge in [-0.05, 0) is 30.5 Å². The van der Waals surface area contributed by atoms with Gasteiger partial charge < -0.3 is 15.1 Å². The molecule has 2 aromatic rings. The zero-order valence-corrected chi connectivity index (χ0v) is 12.2. The molecule has 1 aromatic heterocycles. The van der Waals surface area contributed by atoms with Gasteiger partial charge in [0.2, 0.25) is 5.91 Å². The van der Waals surface area contributed by atoms with Crippen molar-refractivity contribution in [3.63, 3.8) is 0 Å². The summed E-state index contributed by atoms with van der Waals surface area (Å²) < 4.78 is 18.5. The van der Waals surface area contributed by atoms with Crippen LogP contribution >= 0.6 is 0 Å². The molecule has 120 valence electrons. The van der Waals surface area contributed by atoms with Gasteiger partial charge in [0, 0.05) is 25.6 Å². The van der Waals surface area contributed by atoms with Crippen LogP contribution in [-0.4, -0.2) is 24.9 Å². The van der Waals surface area contributed by atoms with Crippen LogP contribution in [0, 0.1) is 11.7 Å². The van der Waals surface area contributed by atoms with Crippen LogP contribution in [0.25, 0.3) is 11.0 Å². The second kappa shape index (κ2) is 6.20. The minimum Gasteiger partial charge on any atom is -0.451 e. The number of hydrogen-bond donors (Lipinski definition) is 2. The molecule has 1 saturated heterocycles. The van der Waals surface area contributed by atoms with Crippen LogP contribution in [0.2, 0.25) is 0 Å². The summed E-state index contributed by atoms with van der Waals surface area (Å²) in [5, 5.41) is 5.48. The summed E-state index contributed by atoms with van der Waals surface area (Å²) in [6.07, 6.45) is 1.15. The van der Waals surface area contributed by atoms with Crippen LogP contribution in [-0.2, 0) is 4.79 Å². The average Bonchev–Trinajstić information content (AvgIpc) is 2.53. The fraction of sp³-hybridized carbons (Fsp3) is 0.312. The molecule has 2 N–H and O–H groups in total. The third-order valence-electron chi connectivity index (χ3n) is 3.81. The maximum Gasteiger partial charge on any atom is 0.287 e. The summed E-state index contributed by atoms with van der Waals surface area (Å²) in [5.74, 6) is -1.17. The van der Waals surface area contributed by atoms with E-state index in [0.29, 0.717) is 19.5 Å². The number of benzene rings is 1. The van der Waals surface area contributed by atoms with Gasteiger partial charge in [0.15, 0.2) is 11.2 Å². The molecule has 1 unspecified atom stereocenters. The molecule has 0 bridgehead atoms. The first kappa shape index (κ1) is 15.2. The first-order chi connectivity index (χ1) is 11.0. The van der Waals surface area contributed by atoms with Crippen molar-refractivity contribution in [2.24, 2.45) is 5.92 Å². The Kier molecular flexibility index (Phi) is 4.10. The highest BCUT2D eigenvalue weighted by Crippen LogP contribution is 2.15. The Bertz CT molecular complexity index is 830. The topological polar surface area (TPSA) is 88.4 Å². The lowest BCUT2D eigenvalue weighted by Gasteiger charge is -2.21. The molecular formula is C16H15FN2O4. The maximum absolute atomic E-state index is 13.1. The third kappa shape index (κ3) is 3.39. The summed E-state index contributed by atoms with van der Waals surface area (Å²) in [5.41, 5.74) is -0.325. The first-order valence-electron chi connectivity index (χ1n) is 7.31. The highest BCUT2D eigenvalue weighted by molar-refractivity contribution is 5.93. The Morgan fingerprint density at radius 3 is 2.96 bits per heavy atom. The largest absolute Gasteiger partial charge is 0.451 e. The van der Waals surface area contributed by atoms with Crippen molar-refractivity contribution >= 4 is 22.8 Å². The van der Waals surface area contributed by atoms with Crippen LogP contribution < -0.4 is 16.1 Å². The van der Waals surface area contributed by atoms with Crippen molar-refractivity contribution in [3.8, 4) is 0 Å². The molecule has 1 aliphatic rings. The monoisotopic (exact) mass is 318 g/mol. The maximum atomic E-state index is 13.1. The van der Waals surface area contributed by atoms with Crippen LogP contribution in [0.5, 0.6) is 0 Å². The van der Waals surface area contributed by atoms with Crippen molar-refractivity contribution < 1.29 is 18.4 Å². The fourth-order valence-electron chi connectivity index (χ4n) is 2.59. The molecule has 1 fully saturated rings. The molecule has 2 heterocycles. The van der Waals surface area contributed by atoms with E-state index in [1.165, 1.54) is 6.07 Å². The van der Waals surface area contributed by atoms with Crippen LogP contribution in [0.1, 0.15) is 23.4 Å². The third-order valence-corrected chi connectivity index (χ3v) is 3.81. The molecule has 0 aliphatic carbocycles. The summed E-state index contributed by atoms with van der Waals surface area (Å²) >= 11 is 0. The molecule has 0 saturated carbocycles. The lowest BCUT2D eigenvalue weighted by atomic mass is 9.97. The van der Waals surface area contributed by atoms with Gasteiger partial charge in [0.25, 0.3) is 5.91 Å². The Labute approximate surface area is 130 Å². The minimum absolute atomic E-state index is 0.0326. The Morgan fingerprint density at radius 1 is 1.35 bits per heavy atom. The molecule has 23 heavy (non-hydrogen) atoms. The number of hydrogen-bond acceptors (Lipinski definition) is 4. The Morgan fingerprint density at radius 2 is 2.17 bits per heavy atom. The molecule has 1 aromatic carbocycles. The van der Waals surface area contributed by atoms with Crippen molar-refractivity contribution in [2.75, 3.05) is 13.1 Å². The second-order valence-electron chi connectivity index (χ2n) is 5.53. The van der Waals surface area contributed by atoms with Crippen molar-refractivity contribution in [1.29, 1.82) is 0 Å². The Balaban J connectivity index is 1.74. The van der Waals surface area contributed by atoms with Gasteiger partial charge >= 0.3 is 0 Å². The van der Waals surface area contributed by atoms with Gasteiger partial charge in [-0.25, -0.2) is 4.39 Å². The molecule has 3 rings (SSSR count). The number of nitrogens with one attached hydrogen (secondary N) is 2. The number of halogens is 1. The molecule has 6 nitrogen and oxygen atoms in total. The van der Waals surface area contributed by atoms with Crippen LogP contribution in [0.3, 0.4) is 0 Å². The number of carbonyl (C=O) groups is 2. The van der Waals surface area contributed by atoms with E-state index in [-0.39, 0.29) is 28.6 Å². The van der Waals surface area contributed by atoms with Crippen molar-refractivity contribution in [2.45, 2.75) is 12.8 Å². The highest BCUT2D eigenvalue weighted by Gasteiger charge is 2.20. The van der Waals surface area contributed by atoms with E-state index in [1.54, 1.807) is 0 Å². The SMILES string of the molecule is O=C1CC(CNC(=O)c2cc(=O)c3cc(F)ccc3o2)CCN1. The number of piperidine rings is 1. The standard InChI is InChI=1S/C16H15FN2O4/c17-10-1-2-13-11(6-10)12(20)7-14(23-13)16(22)19-8-9-3-4-18-15(21)5-9/h1-2,6-7,9H,3-5,8H2,(H,18,21)(H,19,22). The van der Waals surface area contributed by atoms with Gasteiger partial charge in [-0.2, -0.15) is 0 Å². The number of carbonyl (C=O) groups excluding carboxylic acids is 2. The van der Waals surface area contributed by atoms with Crippen molar-refractivity contribution in [1.82, 2.24) is 10.6 Å². The number of amides is 2. The van der Waals surface area contributed by atoms with E-state index in [9.17, 15) is 18.8 Å². The second-order valence-corrected chi connectivity index (χ2v) is 5.53. The van der Waals surface area contributed by atoms with Crippen LogP contribution in [0.15, 0.2) is 33.5 Å². The van der Waals surface area contributed by atoms with E-state index in [4.69, 9.17) is 4.42 Å². The molecule has 0 radical (unpaired) electrons. The van der Waals surface area contributed by atoms with Crippen molar-refractivity contribution in [3.05, 3.63) is 46.1 Å². The van der Waals surface area contributed by atoms with Gasteiger partial charge in [-0.1, -0.05) is 0 Å². The lowest BCUT2D eigenvalue weighted by Crippen LogP contribution is -2.39. The van der Waals surface area contributed by atoms with Gasteiger partial charge in [-0.3, -0.25) is 14.4 Å².